The van der Waals surface area contributed by atoms with Gasteiger partial charge in [-0.05, 0) is 33.3 Å². The Morgan fingerprint density at radius 3 is 2.95 bits per heavy atom. The maximum absolute atomic E-state index is 12.3. The minimum absolute atomic E-state index is 0.0221. The number of carbonyl (C=O) groups excluding carboxylic acids is 1. The molecular weight excluding hydrogens is 256 g/mol. The number of aromatic nitrogens is 1. The number of ether oxygens (including phenoxy) is 2. The number of pyridine rings is 1. The summed E-state index contributed by atoms with van der Waals surface area (Å²) in [5.74, 6) is 0.804. The predicted molar refractivity (Wildman–Crippen MR) is 75.6 cm³/mol. The molecule has 5 nitrogen and oxygen atoms in total. The van der Waals surface area contributed by atoms with Gasteiger partial charge in [-0.15, -0.1) is 0 Å². The molecule has 1 unspecified atom stereocenters. The molecule has 2 heterocycles. The van der Waals surface area contributed by atoms with Crippen LogP contribution in [-0.2, 0) is 11.3 Å². The first-order chi connectivity index (χ1) is 9.39. The van der Waals surface area contributed by atoms with E-state index in [1.165, 1.54) is 0 Å². The van der Waals surface area contributed by atoms with Crippen LogP contribution < -0.4 is 4.74 Å². The summed E-state index contributed by atoms with van der Waals surface area (Å²) in [6, 6.07) is 1.84. The molecule has 2 rings (SSSR count). The summed E-state index contributed by atoms with van der Waals surface area (Å²) in [7, 11) is 0. The fourth-order valence-corrected chi connectivity index (χ4v) is 2.06. The molecule has 0 saturated carbocycles. The molecule has 0 aromatic carbocycles. The smallest absolute Gasteiger partial charge is 0.410 e. The summed E-state index contributed by atoms with van der Waals surface area (Å²) in [4.78, 5) is 18.1. The molecule has 0 radical (unpaired) electrons. The zero-order valence-corrected chi connectivity index (χ0v) is 12.5. The van der Waals surface area contributed by atoms with Crippen LogP contribution in [0, 0.1) is 0 Å². The van der Waals surface area contributed by atoms with Crippen molar-refractivity contribution >= 4 is 6.09 Å². The van der Waals surface area contributed by atoms with Crippen LogP contribution in [0.3, 0.4) is 0 Å². The van der Waals surface area contributed by atoms with Crippen molar-refractivity contribution in [1.82, 2.24) is 9.88 Å². The lowest BCUT2D eigenvalue weighted by molar-refractivity contribution is 0.0177. The summed E-state index contributed by atoms with van der Waals surface area (Å²) in [6.07, 6.45) is 3.95. The Morgan fingerprint density at radius 1 is 1.55 bits per heavy atom. The maximum atomic E-state index is 12.3. The van der Waals surface area contributed by atoms with Gasteiger partial charge in [0.15, 0.2) is 0 Å². The Bertz CT molecular complexity index is 482. The average Bonchev–Trinajstić information content (AvgIpc) is 2.55. The van der Waals surface area contributed by atoms with E-state index in [0.717, 1.165) is 17.7 Å². The third kappa shape index (κ3) is 3.62. The van der Waals surface area contributed by atoms with Gasteiger partial charge in [-0.2, -0.15) is 0 Å². The molecule has 1 aliphatic rings. The van der Waals surface area contributed by atoms with E-state index in [-0.39, 0.29) is 12.2 Å². The molecule has 5 heteroatoms. The van der Waals surface area contributed by atoms with Crippen LogP contribution in [0.5, 0.6) is 5.75 Å². The molecule has 110 valence electrons. The van der Waals surface area contributed by atoms with Gasteiger partial charge in [0.2, 0.25) is 0 Å². The second-order valence-corrected chi connectivity index (χ2v) is 5.99. The molecule has 0 fully saturated rings. The number of carbonyl (C=O) groups is 1. The van der Waals surface area contributed by atoms with Crippen LogP contribution in [0.25, 0.3) is 0 Å². The van der Waals surface area contributed by atoms with Crippen molar-refractivity contribution < 1.29 is 14.3 Å². The lowest BCUT2D eigenvalue weighted by atomic mass is 10.2. The van der Waals surface area contributed by atoms with Crippen molar-refractivity contribution in [3.05, 3.63) is 24.0 Å². The highest BCUT2D eigenvalue weighted by molar-refractivity contribution is 5.68. The topological polar surface area (TPSA) is 51.7 Å². The standard InChI is InChI=1S/C15H22N2O3/c1-5-12-10-17(14(18)20-15(2,3)4)9-11-8-16-7-6-13(11)19-12/h6-8,12H,5,9-10H2,1-4H3. The molecule has 0 N–H and O–H groups in total. The Morgan fingerprint density at radius 2 is 2.30 bits per heavy atom. The summed E-state index contributed by atoms with van der Waals surface area (Å²) >= 11 is 0. The Balaban J connectivity index is 2.20. The molecule has 0 spiro atoms. The van der Waals surface area contributed by atoms with Crippen molar-refractivity contribution in [1.29, 1.82) is 0 Å². The lowest BCUT2D eigenvalue weighted by Crippen LogP contribution is -2.40. The fourth-order valence-electron chi connectivity index (χ4n) is 2.06. The third-order valence-electron chi connectivity index (χ3n) is 3.04. The molecule has 1 aromatic heterocycles. The van der Waals surface area contributed by atoms with E-state index >= 15 is 0 Å². The number of nitrogens with zero attached hydrogens (tertiary/aromatic N) is 2. The summed E-state index contributed by atoms with van der Waals surface area (Å²) in [6.45, 7) is 8.64. The number of fused-ring (bicyclic) bond motifs is 1. The van der Waals surface area contributed by atoms with Gasteiger partial charge in [-0.3, -0.25) is 9.88 Å². The zero-order valence-electron chi connectivity index (χ0n) is 12.5. The van der Waals surface area contributed by atoms with Gasteiger partial charge < -0.3 is 9.47 Å². The average molecular weight is 278 g/mol. The van der Waals surface area contributed by atoms with E-state index in [4.69, 9.17) is 9.47 Å². The van der Waals surface area contributed by atoms with Crippen LogP contribution in [0.4, 0.5) is 4.79 Å². The van der Waals surface area contributed by atoms with E-state index in [2.05, 4.69) is 4.98 Å². The molecule has 1 aliphatic heterocycles. The monoisotopic (exact) mass is 278 g/mol. The van der Waals surface area contributed by atoms with E-state index in [0.29, 0.717) is 13.1 Å². The highest BCUT2D eigenvalue weighted by Gasteiger charge is 2.28. The van der Waals surface area contributed by atoms with E-state index in [1.54, 1.807) is 17.3 Å². The molecule has 0 aliphatic carbocycles. The Labute approximate surface area is 119 Å². The third-order valence-corrected chi connectivity index (χ3v) is 3.04. The first kappa shape index (κ1) is 14.6. The predicted octanol–water partition coefficient (Wildman–Crippen LogP) is 2.99. The first-order valence-electron chi connectivity index (χ1n) is 6.96. The van der Waals surface area contributed by atoms with Gasteiger partial charge in [0.25, 0.3) is 0 Å². The SMILES string of the molecule is CCC1CN(C(=O)OC(C)(C)C)Cc2cnccc2O1. The van der Waals surface area contributed by atoms with Crippen molar-refractivity contribution in [3.8, 4) is 5.75 Å². The van der Waals surface area contributed by atoms with Gasteiger partial charge >= 0.3 is 6.09 Å². The van der Waals surface area contributed by atoms with Gasteiger partial charge in [0.1, 0.15) is 17.5 Å². The number of rotatable bonds is 1. The van der Waals surface area contributed by atoms with E-state index in [1.807, 2.05) is 33.8 Å². The quantitative estimate of drug-likeness (QED) is 0.792. The van der Waals surface area contributed by atoms with Crippen LogP contribution >= 0.6 is 0 Å². The number of hydrogen-bond donors (Lipinski definition) is 0. The van der Waals surface area contributed by atoms with Crippen molar-refractivity contribution in [2.45, 2.75) is 52.4 Å². The second kappa shape index (κ2) is 5.69. The Hall–Kier alpha value is -1.78. The molecule has 1 aromatic rings. The normalized spacial score (nSPS) is 18.8. The van der Waals surface area contributed by atoms with Gasteiger partial charge in [-0.1, -0.05) is 6.92 Å². The molecule has 0 saturated heterocycles. The maximum Gasteiger partial charge on any atom is 0.410 e. The highest BCUT2D eigenvalue weighted by Crippen LogP contribution is 2.25. The summed E-state index contributed by atoms with van der Waals surface area (Å²) in [5, 5.41) is 0. The van der Waals surface area contributed by atoms with Crippen LogP contribution in [0.15, 0.2) is 18.5 Å². The minimum atomic E-state index is -0.496. The number of amides is 1. The van der Waals surface area contributed by atoms with Gasteiger partial charge in [0.05, 0.1) is 13.1 Å². The summed E-state index contributed by atoms with van der Waals surface area (Å²) < 4.78 is 11.4. The van der Waals surface area contributed by atoms with E-state index < -0.39 is 5.60 Å². The molecule has 20 heavy (non-hydrogen) atoms. The van der Waals surface area contributed by atoms with Crippen molar-refractivity contribution in [3.63, 3.8) is 0 Å². The molecule has 0 bridgehead atoms. The number of hydrogen-bond acceptors (Lipinski definition) is 4. The Kier molecular flexibility index (Phi) is 4.16. The van der Waals surface area contributed by atoms with Crippen LogP contribution in [-0.4, -0.2) is 34.2 Å². The van der Waals surface area contributed by atoms with Gasteiger partial charge in [-0.25, -0.2) is 4.79 Å². The van der Waals surface area contributed by atoms with Crippen molar-refractivity contribution in [2.24, 2.45) is 0 Å². The highest BCUT2D eigenvalue weighted by atomic mass is 16.6. The van der Waals surface area contributed by atoms with Gasteiger partial charge in [0, 0.05) is 18.0 Å². The zero-order chi connectivity index (χ0) is 14.8. The molecular formula is C15H22N2O3. The van der Waals surface area contributed by atoms with Crippen LogP contribution in [0.1, 0.15) is 39.7 Å². The fraction of sp³-hybridized carbons (Fsp3) is 0.600. The second-order valence-electron chi connectivity index (χ2n) is 5.99. The first-order valence-corrected chi connectivity index (χ1v) is 6.96. The minimum Gasteiger partial charge on any atom is -0.488 e. The molecule has 1 atom stereocenters. The van der Waals surface area contributed by atoms with Crippen LogP contribution in [0.2, 0.25) is 0 Å². The largest absolute Gasteiger partial charge is 0.488 e. The summed E-state index contributed by atoms with van der Waals surface area (Å²) in [5.41, 5.74) is 0.415. The lowest BCUT2D eigenvalue weighted by Gasteiger charge is -2.27. The van der Waals surface area contributed by atoms with Crippen molar-refractivity contribution in [2.75, 3.05) is 6.54 Å². The molecule has 1 amide bonds. The van der Waals surface area contributed by atoms with E-state index in [9.17, 15) is 4.79 Å².